The minimum absolute atomic E-state index is 0.0225. The van der Waals surface area contributed by atoms with Gasteiger partial charge < -0.3 is 9.09 Å². The minimum atomic E-state index is -0.466. The van der Waals surface area contributed by atoms with Crippen LogP contribution < -0.4 is 0 Å². The van der Waals surface area contributed by atoms with E-state index in [1.807, 2.05) is 4.57 Å². The molecule has 0 fully saturated rings. The van der Waals surface area contributed by atoms with Gasteiger partial charge in [0.25, 0.3) is 5.69 Å². The van der Waals surface area contributed by atoms with Gasteiger partial charge >= 0.3 is 0 Å². The van der Waals surface area contributed by atoms with Crippen molar-refractivity contribution in [1.29, 1.82) is 0 Å². The molecule has 0 bridgehead atoms. The van der Waals surface area contributed by atoms with Gasteiger partial charge in [-0.25, -0.2) is 0 Å². The van der Waals surface area contributed by atoms with E-state index < -0.39 is 4.92 Å². The quantitative estimate of drug-likeness (QED) is 0.278. The third-order valence-electron chi connectivity index (χ3n) is 3.01. The van der Waals surface area contributed by atoms with Crippen LogP contribution in [0.4, 0.5) is 5.69 Å². The van der Waals surface area contributed by atoms with Crippen LogP contribution in [-0.2, 0) is 12.3 Å². The molecule has 1 aromatic carbocycles. The van der Waals surface area contributed by atoms with Gasteiger partial charge in [0.05, 0.1) is 10.7 Å². The van der Waals surface area contributed by atoms with Crippen LogP contribution in [0.5, 0.6) is 0 Å². The van der Waals surface area contributed by atoms with Gasteiger partial charge in [0, 0.05) is 24.2 Å². The molecular weight excluding hydrogens is 332 g/mol. The van der Waals surface area contributed by atoms with E-state index in [2.05, 4.69) is 26.9 Å². The third-order valence-corrected chi connectivity index (χ3v) is 3.98. The van der Waals surface area contributed by atoms with E-state index in [9.17, 15) is 10.1 Å². The number of thioether (sulfide) groups is 1. The number of non-ortho nitro benzene ring substituents is 1. The van der Waals surface area contributed by atoms with Crippen molar-refractivity contribution in [3.63, 3.8) is 0 Å². The molecule has 0 saturated heterocycles. The summed E-state index contributed by atoms with van der Waals surface area (Å²) < 4.78 is 7.03. The number of hydrogen-bond donors (Lipinski definition) is 0. The number of nitrogens with zero attached hydrogens (tertiary/aromatic N) is 6. The molecule has 3 rings (SSSR count). The lowest BCUT2D eigenvalue weighted by molar-refractivity contribution is -0.384. The number of nitro groups is 1. The largest absolute Gasteiger partial charge is 0.338 e. The van der Waals surface area contributed by atoms with Crippen molar-refractivity contribution in [2.45, 2.75) is 17.5 Å². The van der Waals surface area contributed by atoms with Crippen molar-refractivity contribution in [3.8, 4) is 11.4 Å². The predicted octanol–water partition coefficient (Wildman–Crippen LogP) is 2.71. The molecule has 2 aromatic heterocycles. The minimum Gasteiger partial charge on any atom is -0.338 e. The maximum absolute atomic E-state index is 10.8. The van der Waals surface area contributed by atoms with Crippen molar-refractivity contribution < 1.29 is 9.45 Å². The Hall–Kier alpha value is -3.01. The highest BCUT2D eigenvalue weighted by Crippen LogP contribution is 2.24. The molecule has 122 valence electrons. The molecule has 0 spiro atoms. The van der Waals surface area contributed by atoms with Crippen LogP contribution in [0.3, 0.4) is 0 Å². The lowest BCUT2D eigenvalue weighted by Gasteiger charge is -2.00. The molecule has 0 aliphatic heterocycles. The number of hydrogen-bond acceptors (Lipinski definition) is 8. The zero-order valence-corrected chi connectivity index (χ0v) is 13.2. The second kappa shape index (κ2) is 7.04. The first-order valence-electron chi connectivity index (χ1n) is 6.86. The van der Waals surface area contributed by atoms with Crippen molar-refractivity contribution in [2.75, 3.05) is 0 Å². The van der Waals surface area contributed by atoms with Crippen LogP contribution >= 0.6 is 11.8 Å². The second-order valence-corrected chi connectivity index (χ2v) is 5.60. The Kier molecular flexibility index (Phi) is 4.66. The Balaban J connectivity index is 1.71. The van der Waals surface area contributed by atoms with E-state index in [1.165, 1.54) is 23.9 Å². The Morgan fingerprint density at radius 1 is 1.46 bits per heavy atom. The fraction of sp³-hybridized carbons (Fsp3) is 0.143. The van der Waals surface area contributed by atoms with Gasteiger partial charge in [-0.3, -0.25) is 10.1 Å². The summed E-state index contributed by atoms with van der Waals surface area (Å²) in [6.45, 7) is 4.29. The summed E-state index contributed by atoms with van der Waals surface area (Å²) in [4.78, 5) is 14.6. The third kappa shape index (κ3) is 3.49. The van der Waals surface area contributed by atoms with Gasteiger partial charge in [-0.15, -0.1) is 16.8 Å². The average molecular weight is 344 g/mol. The van der Waals surface area contributed by atoms with Gasteiger partial charge in [0.15, 0.2) is 5.16 Å². The van der Waals surface area contributed by atoms with E-state index in [0.717, 1.165) is 0 Å². The molecule has 3 aromatic rings. The lowest BCUT2D eigenvalue weighted by Crippen LogP contribution is -1.95. The summed E-state index contributed by atoms with van der Waals surface area (Å²) in [5.41, 5.74) is 0.504. The highest BCUT2D eigenvalue weighted by molar-refractivity contribution is 7.98. The topological polar surface area (TPSA) is 113 Å². The normalized spacial score (nSPS) is 10.7. The van der Waals surface area contributed by atoms with E-state index in [4.69, 9.17) is 4.52 Å². The van der Waals surface area contributed by atoms with Crippen LogP contribution in [0.15, 0.2) is 52.9 Å². The molecule has 0 N–H and O–H groups in total. The molecule has 24 heavy (non-hydrogen) atoms. The first-order chi connectivity index (χ1) is 11.7. The first kappa shape index (κ1) is 15.9. The Morgan fingerprint density at radius 2 is 2.33 bits per heavy atom. The van der Waals surface area contributed by atoms with Crippen molar-refractivity contribution in [1.82, 2.24) is 24.9 Å². The molecule has 9 nitrogen and oxygen atoms in total. The van der Waals surface area contributed by atoms with Crippen molar-refractivity contribution in [2.24, 2.45) is 0 Å². The second-order valence-electron chi connectivity index (χ2n) is 4.66. The van der Waals surface area contributed by atoms with Crippen LogP contribution in [0.25, 0.3) is 11.4 Å². The number of rotatable bonds is 7. The lowest BCUT2D eigenvalue weighted by atomic mass is 10.2. The van der Waals surface area contributed by atoms with Crippen LogP contribution in [0, 0.1) is 10.1 Å². The summed E-state index contributed by atoms with van der Waals surface area (Å²) in [5, 5.41) is 23.3. The Labute approximate surface area is 140 Å². The molecule has 0 radical (unpaired) electrons. The summed E-state index contributed by atoms with van der Waals surface area (Å²) >= 11 is 1.40. The van der Waals surface area contributed by atoms with E-state index in [0.29, 0.717) is 34.7 Å². The first-order valence-corrected chi connectivity index (χ1v) is 7.85. The number of nitro benzene ring substituents is 1. The molecular formula is C14H12N6O3S. The number of benzene rings is 1. The summed E-state index contributed by atoms with van der Waals surface area (Å²) in [6, 6.07) is 6.08. The van der Waals surface area contributed by atoms with Crippen LogP contribution in [0.2, 0.25) is 0 Å². The van der Waals surface area contributed by atoms with Gasteiger partial charge in [-0.1, -0.05) is 35.1 Å². The molecule has 2 heterocycles. The SMILES string of the molecule is C=CCn1cnnc1SCc1nc(-c2cccc([N+](=O)[O-])c2)no1. The molecule has 0 aliphatic carbocycles. The standard InChI is InChI=1S/C14H12N6O3S/c1-2-6-19-9-15-17-14(19)24-8-12-16-13(18-23-12)10-4-3-5-11(7-10)20(21)22/h2-5,7,9H,1,6,8H2. The van der Waals surface area contributed by atoms with Gasteiger partial charge in [0.2, 0.25) is 11.7 Å². The Bertz CT molecular complexity index is 875. The van der Waals surface area contributed by atoms with E-state index >= 15 is 0 Å². The zero-order valence-electron chi connectivity index (χ0n) is 12.4. The average Bonchev–Trinajstić information content (AvgIpc) is 3.23. The van der Waals surface area contributed by atoms with Crippen molar-refractivity contribution in [3.05, 3.63) is 59.3 Å². The Morgan fingerprint density at radius 3 is 3.12 bits per heavy atom. The summed E-state index contributed by atoms with van der Waals surface area (Å²) in [7, 11) is 0. The fourth-order valence-electron chi connectivity index (χ4n) is 1.94. The molecule has 0 atom stereocenters. The molecule has 0 aliphatic rings. The molecule has 0 unspecified atom stereocenters. The highest BCUT2D eigenvalue weighted by Gasteiger charge is 2.14. The summed E-state index contributed by atoms with van der Waals surface area (Å²) in [6.07, 6.45) is 3.37. The maximum atomic E-state index is 10.8. The van der Waals surface area contributed by atoms with E-state index in [1.54, 1.807) is 24.5 Å². The van der Waals surface area contributed by atoms with Crippen molar-refractivity contribution >= 4 is 17.4 Å². The number of allylic oxidation sites excluding steroid dienone is 1. The van der Waals surface area contributed by atoms with E-state index in [-0.39, 0.29) is 5.69 Å². The monoisotopic (exact) mass is 344 g/mol. The van der Waals surface area contributed by atoms with Gasteiger partial charge in [-0.2, -0.15) is 4.98 Å². The molecule has 0 saturated carbocycles. The summed E-state index contributed by atoms with van der Waals surface area (Å²) in [5.74, 6) is 1.12. The van der Waals surface area contributed by atoms with Crippen LogP contribution in [0.1, 0.15) is 5.89 Å². The van der Waals surface area contributed by atoms with Crippen LogP contribution in [-0.4, -0.2) is 29.8 Å². The van der Waals surface area contributed by atoms with Gasteiger partial charge in [0.1, 0.15) is 6.33 Å². The zero-order chi connectivity index (χ0) is 16.9. The molecule has 10 heteroatoms. The number of aromatic nitrogens is 5. The smallest absolute Gasteiger partial charge is 0.270 e. The highest BCUT2D eigenvalue weighted by atomic mass is 32.2. The maximum Gasteiger partial charge on any atom is 0.270 e. The fourth-order valence-corrected chi connectivity index (χ4v) is 2.70. The molecule has 0 amide bonds. The predicted molar refractivity (Wildman–Crippen MR) is 86.2 cm³/mol. The van der Waals surface area contributed by atoms with Gasteiger partial charge in [-0.05, 0) is 0 Å².